The van der Waals surface area contributed by atoms with Crippen LogP contribution in [0, 0.1) is 18.3 Å². The molecule has 0 radical (unpaired) electrons. The van der Waals surface area contributed by atoms with E-state index in [1.165, 1.54) is 0 Å². The lowest BCUT2D eigenvalue weighted by molar-refractivity contribution is 0.474. The average Bonchev–Trinajstić information content (AvgIpc) is 2.39. The van der Waals surface area contributed by atoms with Crippen molar-refractivity contribution < 1.29 is 5.11 Å². The molecule has 1 N–H and O–H groups in total. The highest BCUT2D eigenvalue weighted by molar-refractivity contribution is 5.90. The zero-order chi connectivity index (χ0) is 13.0. The fourth-order valence-corrected chi connectivity index (χ4v) is 1.68. The molecule has 88 valence electrons. The smallest absolute Gasteiger partial charge is 0.122 e. The Bertz CT molecular complexity index is 618. The van der Waals surface area contributed by atoms with Crippen LogP contribution in [0.3, 0.4) is 0 Å². The second-order valence-electron chi connectivity index (χ2n) is 4.09. The molecule has 0 heterocycles. The molecule has 18 heavy (non-hydrogen) atoms. The first-order valence-electron chi connectivity index (χ1n) is 5.67. The summed E-state index contributed by atoms with van der Waals surface area (Å²) in [7, 11) is 0. The van der Waals surface area contributed by atoms with Crippen molar-refractivity contribution in [3.63, 3.8) is 0 Å². The van der Waals surface area contributed by atoms with E-state index in [9.17, 15) is 10.4 Å². The Balaban J connectivity index is 2.44. The van der Waals surface area contributed by atoms with Gasteiger partial charge in [0.25, 0.3) is 0 Å². The van der Waals surface area contributed by atoms with Crippen molar-refractivity contribution in [2.45, 2.75) is 6.92 Å². The van der Waals surface area contributed by atoms with Crippen LogP contribution in [0.15, 0.2) is 48.5 Å². The number of hydrogen-bond acceptors (Lipinski definition) is 2. The van der Waals surface area contributed by atoms with Gasteiger partial charge in [0, 0.05) is 5.56 Å². The predicted molar refractivity (Wildman–Crippen MR) is 72.8 cm³/mol. The summed E-state index contributed by atoms with van der Waals surface area (Å²) in [6.45, 7) is 2.00. The molecule has 2 aromatic rings. The Morgan fingerprint density at radius 3 is 2.39 bits per heavy atom. The largest absolute Gasteiger partial charge is 0.507 e. The number of rotatable bonds is 2. The van der Waals surface area contributed by atoms with Gasteiger partial charge in [0.2, 0.25) is 0 Å². The number of allylic oxidation sites excluding steroid dienone is 1. The maximum atomic E-state index is 9.69. The number of hydrogen-bond donors (Lipinski definition) is 1. The summed E-state index contributed by atoms with van der Waals surface area (Å²) in [5.41, 5.74) is 3.19. The van der Waals surface area contributed by atoms with Crippen LogP contribution in [0.4, 0.5) is 0 Å². The van der Waals surface area contributed by atoms with Crippen molar-refractivity contribution in [2.24, 2.45) is 0 Å². The van der Waals surface area contributed by atoms with E-state index < -0.39 is 0 Å². The van der Waals surface area contributed by atoms with Gasteiger partial charge in [0.1, 0.15) is 5.75 Å². The second kappa shape index (κ2) is 5.20. The van der Waals surface area contributed by atoms with E-state index in [0.29, 0.717) is 11.1 Å². The number of aryl methyl sites for hydroxylation is 1. The molecule has 0 aliphatic carbocycles. The quantitative estimate of drug-likeness (QED) is 0.636. The Labute approximate surface area is 106 Å². The van der Waals surface area contributed by atoms with Gasteiger partial charge in [0.15, 0.2) is 0 Å². The molecular formula is C16H13NO. The Morgan fingerprint density at radius 1 is 1.11 bits per heavy atom. The van der Waals surface area contributed by atoms with Gasteiger partial charge in [-0.05, 0) is 24.6 Å². The van der Waals surface area contributed by atoms with Gasteiger partial charge in [-0.25, -0.2) is 0 Å². The SMILES string of the molecule is Cc1ccc(/C(C#N)=C/c2ccccc2O)cc1. The molecule has 0 aromatic heterocycles. The fourth-order valence-electron chi connectivity index (χ4n) is 1.68. The first-order chi connectivity index (χ1) is 8.70. The first kappa shape index (κ1) is 11.9. The van der Waals surface area contributed by atoms with E-state index in [-0.39, 0.29) is 5.75 Å². The third kappa shape index (κ3) is 2.58. The molecule has 0 spiro atoms. The summed E-state index contributed by atoms with van der Waals surface area (Å²) in [5.74, 6) is 0.178. The molecule has 0 aliphatic rings. The van der Waals surface area contributed by atoms with Gasteiger partial charge in [-0.2, -0.15) is 5.26 Å². The van der Waals surface area contributed by atoms with Gasteiger partial charge in [-0.15, -0.1) is 0 Å². The minimum atomic E-state index is 0.178. The van der Waals surface area contributed by atoms with Gasteiger partial charge < -0.3 is 5.11 Å². The van der Waals surface area contributed by atoms with Crippen molar-refractivity contribution in [3.05, 3.63) is 65.2 Å². The van der Waals surface area contributed by atoms with E-state index in [4.69, 9.17) is 0 Å². The van der Waals surface area contributed by atoms with Gasteiger partial charge in [0.05, 0.1) is 11.6 Å². The molecule has 0 amide bonds. The van der Waals surface area contributed by atoms with Gasteiger partial charge in [-0.3, -0.25) is 0 Å². The van der Waals surface area contributed by atoms with E-state index in [2.05, 4.69) is 6.07 Å². The molecule has 0 saturated heterocycles. The lowest BCUT2D eigenvalue weighted by atomic mass is 10.0. The molecule has 0 unspecified atom stereocenters. The maximum absolute atomic E-state index is 9.69. The normalized spacial score (nSPS) is 11.0. The second-order valence-corrected chi connectivity index (χ2v) is 4.09. The number of nitriles is 1. The summed E-state index contributed by atoms with van der Waals surface area (Å²) in [5, 5.41) is 18.9. The van der Waals surface area contributed by atoms with Crippen LogP contribution < -0.4 is 0 Å². The minimum Gasteiger partial charge on any atom is -0.507 e. The monoisotopic (exact) mass is 235 g/mol. The molecule has 0 aliphatic heterocycles. The van der Waals surface area contributed by atoms with Crippen molar-refractivity contribution in [2.75, 3.05) is 0 Å². The number of aromatic hydroxyl groups is 1. The zero-order valence-corrected chi connectivity index (χ0v) is 10.1. The summed E-state index contributed by atoms with van der Waals surface area (Å²) >= 11 is 0. The van der Waals surface area contributed by atoms with Crippen LogP contribution >= 0.6 is 0 Å². The summed E-state index contributed by atoms with van der Waals surface area (Å²) in [6.07, 6.45) is 1.69. The predicted octanol–water partition coefficient (Wildman–Crippen LogP) is 3.76. The van der Waals surface area contributed by atoms with Crippen LogP contribution in [0.1, 0.15) is 16.7 Å². The number of para-hydroxylation sites is 1. The van der Waals surface area contributed by atoms with Crippen molar-refractivity contribution >= 4 is 11.6 Å². The Morgan fingerprint density at radius 2 is 1.78 bits per heavy atom. The molecule has 0 fully saturated rings. The minimum absolute atomic E-state index is 0.178. The molecule has 0 bridgehead atoms. The Kier molecular flexibility index (Phi) is 3.45. The molecule has 2 heteroatoms. The standard InChI is InChI=1S/C16H13NO/c1-12-6-8-13(9-7-12)15(11-17)10-14-4-2-3-5-16(14)18/h2-10,18H,1H3/b15-10+. The number of benzene rings is 2. The van der Waals surface area contributed by atoms with Crippen molar-refractivity contribution in [3.8, 4) is 11.8 Å². The van der Waals surface area contributed by atoms with Crippen molar-refractivity contribution in [1.82, 2.24) is 0 Å². The van der Waals surface area contributed by atoms with Gasteiger partial charge in [-0.1, -0.05) is 48.0 Å². The van der Waals surface area contributed by atoms with Crippen LogP contribution in [-0.2, 0) is 0 Å². The Hall–Kier alpha value is -2.53. The molecule has 2 rings (SSSR count). The molecule has 2 nitrogen and oxygen atoms in total. The van der Waals surface area contributed by atoms with Crippen LogP contribution in [0.2, 0.25) is 0 Å². The van der Waals surface area contributed by atoms with E-state index in [1.807, 2.05) is 37.3 Å². The summed E-state index contributed by atoms with van der Waals surface area (Å²) < 4.78 is 0. The van der Waals surface area contributed by atoms with Crippen LogP contribution in [0.5, 0.6) is 5.75 Å². The number of phenolic OH excluding ortho intramolecular Hbond substituents is 1. The van der Waals surface area contributed by atoms with Crippen LogP contribution in [-0.4, -0.2) is 5.11 Å². The summed E-state index contributed by atoms with van der Waals surface area (Å²) in [6, 6.07) is 16.9. The zero-order valence-electron chi connectivity index (χ0n) is 10.1. The third-order valence-electron chi connectivity index (χ3n) is 2.72. The fraction of sp³-hybridized carbons (Fsp3) is 0.0625. The molecular weight excluding hydrogens is 222 g/mol. The van der Waals surface area contributed by atoms with Crippen LogP contribution in [0.25, 0.3) is 11.6 Å². The maximum Gasteiger partial charge on any atom is 0.122 e. The molecule has 2 aromatic carbocycles. The topological polar surface area (TPSA) is 44.0 Å². The highest BCUT2D eigenvalue weighted by atomic mass is 16.3. The molecule has 0 saturated carbocycles. The summed E-state index contributed by atoms with van der Waals surface area (Å²) in [4.78, 5) is 0. The van der Waals surface area contributed by atoms with E-state index in [0.717, 1.165) is 11.1 Å². The molecule has 0 atom stereocenters. The van der Waals surface area contributed by atoms with E-state index >= 15 is 0 Å². The highest BCUT2D eigenvalue weighted by Gasteiger charge is 2.02. The third-order valence-corrected chi connectivity index (χ3v) is 2.72. The van der Waals surface area contributed by atoms with E-state index in [1.54, 1.807) is 24.3 Å². The number of phenols is 1. The van der Waals surface area contributed by atoms with Gasteiger partial charge >= 0.3 is 0 Å². The lowest BCUT2D eigenvalue weighted by Gasteiger charge is -2.02. The number of nitrogens with zero attached hydrogens (tertiary/aromatic N) is 1. The lowest BCUT2D eigenvalue weighted by Crippen LogP contribution is -1.83. The van der Waals surface area contributed by atoms with Crippen molar-refractivity contribution in [1.29, 1.82) is 5.26 Å². The highest BCUT2D eigenvalue weighted by Crippen LogP contribution is 2.23. The average molecular weight is 235 g/mol. The first-order valence-corrected chi connectivity index (χ1v) is 5.67.